The van der Waals surface area contributed by atoms with Crippen molar-refractivity contribution in [2.45, 2.75) is 25.3 Å². The fraction of sp³-hybridized carbons (Fsp3) is 0.316. The zero-order chi connectivity index (χ0) is 17.9. The second-order valence-corrected chi connectivity index (χ2v) is 6.46. The standard InChI is InChI=1S/C19H18F2N4O/c20-15-4-5-16(21)14(11-15)12-25-9-6-13(7-10-25)18-23-19(26-24-18)17-3-1-2-8-22-17/h1-5,8,11,13H,6-7,9-10,12H2. The topological polar surface area (TPSA) is 55.1 Å². The molecule has 1 aromatic carbocycles. The molecule has 0 unspecified atom stereocenters. The smallest absolute Gasteiger partial charge is 0.276 e. The molecule has 0 bridgehead atoms. The number of halogens is 2. The summed E-state index contributed by atoms with van der Waals surface area (Å²) in [6.07, 6.45) is 3.37. The quantitative estimate of drug-likeness (QED) is 0.712. The third-order valence-electron chi connectivity index (χ3n) is 4.68. The molecule has 4 rings (SSSR count). The summed E-state index contributed by atoms with van der Waals surface area (Å²) in [5, 5.41) is 4.10. The monoisotopic (exact) mass is 356 g/mol. The van der Waals surface area contributed by atoms with E-state index >= 15 is 0 Å². The summed E-state index contributed by atoms with van der Waals surface area (Å²) in [6.45, 7) is 1.95. The average molecular weight is 356 g/mol. The van der Waals surface area contributed by atoms with E-state index in [2.05, 4.69) is 20.0 Å². The largest absolute Gasteiger partial charge is 0.332 e. The summed E-state index contributed by atoms with van der Waals surface area (Å²) in [4.78, 5) is 10.8. The molecule has 134 valence electrons. The summed E-state index contributed by atoms with van der Waals surface area (Å²) in [5.74, 6) is 0.522. The van der Waals surface area contributed by atoms with E-state index in [0.29, 0.717) is 29.5 Å². The summed E-state index contributed by atoms with van der Waals surface area (Å²) in [7, 11) is 0. The first-order valence-corrected chi connectivity index (χ1v) is 8.60. The Morgan fingerprint density at radius 3 is 2.73 bits per heavy atom. The van der Waals surface area contributed by atoms with Crippen LogP contribution >= 0.6 is 0 Å². The van der Waals surface area contributed by atoms with Crippen LogP contribution < -0.4 is 0 Å². The molecular weight excluding hydrogens is 338 g/mol. The van der Waals surface area contributed by atoms with Crippen LogP contribution in [-0.4, -0.2) is 33.1 Å². The fourth-order valence-electron chi connectivity index (χ4n) is 3.25. The Hall–Kier alpha value is -2.67. The normalized spacial score (nSPS) is 16.1. The second kappa shape index (κ2) is 7.29. The Morgan fingerprint density at radius 1 is 1.12 bits per heavy atom. The highest BCUT2D eigenvalue weighted by Crippen LogP contribution is 2.28. The van der Waals surface area contributed by atoms with Gasteiger partial charge >= 0.3 is 0 Å². The first kappa shape index (κ1) is 16.8. The van der Waals surface area contributed by atoms with Crippen molar-refractivity contribution in [3.63, 3.8) is 0 Å². The minimum atomic E-state index is -0.412. The minimum Gasteiger partial charge on any atom is -0.332 e. The highest BCUT2D eigenvalue weighted by molar-refractivity contribution is 5.45. The van der Waals surface area contributed by atoms with Crippen molar-refractivity contribution in [3.8, 4) is 11.6 Å². The molecule has 3 heterocycles. The Labute approximate surface area is 149 Å². The number of hydrogen-bond acceptors (Lipinski definition) is 5. The maximum atomic E-state index is 13.8. The highest BCUT2D eigenvalue weighted by atomic mass is 19.1. The van der Waals surface area contributed by atoms with Gasteiger partial charge < -0.3 is 4.52 Å². The summed E-state index contributed by atoms with van der Waals surface area (Å²) < 4.78 is 32.4. The zero-order valence-electron chi connectivity index (χ0n) is 14.1. The van der Waals surface area contributed by atoms with Crippen LogP contribution in [0.1, 0.15) is 30.1 Å². The molecule has 5 nitrogen and oxygen atoms in total. The predicted octanol–water partition coefficient (Wildman–Crippen LogP) is 3.79. The average Bonchev–Trinajstić information content (AvgIpc) is 3.16. The van der Waals surface area contributed by atoms with E-state index in [0.717, 1.165) is 32.0 Å². The molecule has 0 atom stereocenters. The number of hydrogen-bond donors (Lipinski definition) is 0. The van der Waals surface area contributed by atoms with Gasteiger partial charge in [0, 0.05) is 24.2 Å². The third-order valence-corrected chi connectivity index (χ3v) is 4.68. The van der Waals surface area contributed by atoms with Crippen molar-refractivity contribution in [2.75, 3.05) is 13.1 Å². The molecule has 2 aromatic heterocycles. The van der Waals surface area contributed by atoms with Crippen molar-refractivity contribution in [3.05, 3.63) is 65.6 Å². The van der Waals surface area contributed by atoms with Gasteiger partial charge in [0.05, 0.1) is 0 Å². The molecule has 1 aliphatic heterocycles. The van der Waals surface area contributed by atoms with Gasteiger partial charge in [0.25, 0.3) is 5.89 Å². The molecule has 1 aliphatic rings. The molecule has 1 saturated heterocycles. The fourth-order valence-corrected chi connectivity index (χ4v) is 3.25. The zero-order valence-corrected chi connectivity index (χ0v) is 14.1. The van der Waals surface area contributed by atoms with Gasteiger partial charge in [0.15, 0.2) is 5.82 Å². The molecule has 0 N–H and O–H groups in total. The van der Waals surface area contributed by atoms with Gasteiger partial charge in [-0.05, 0) is 56.3 Å². The molecule has 26 heavy (non-hydrogen) atoms. The maximum absolute atomic E-state index is 13.8. The van der Waals surface area contributed by atoms with Crippen LogP contribution in [0.25, 0.3) is 11.6 Å². The third kappa shape index (κ3) is 3.62. The Balaban J connectivity index is 1.38. The van der Waals surface area contributed by atoms with Gasteiger partial charge in [-0.1, -0.05) is 11.2 Å². The van der Waals surface area contributed by atoms with Gasteiger partial charge in [-0.3, -0.25) is 9.88 Å². The second-order valence-electron chi connectivity index (χ2n) is 6.46. The number of pyridine rings is 1. The first-order valence-electron chi connectivity index (χ1n) is 8.60. The maximum Gasteiger partial charge on any atom is 0.276 e. The van der Waals surface area contributed by atoms with Crippen LogP contribution in [0.5, 0.6) is 0 Å². The lowest BCUT2D eigenvalue weighted by Crippen LogP contribution is -2.33. The molecular formula is C19H18F2N4O. The van der Waals surface area contributed by atoms with Crippen LogP contribution in [0.4, 0.5) is 8.78 Å². The molecule has 7 heteroatoms. The van der Waals surface area contributed by atoms with E-state index in [1.165, 1.54) is 12.1 Å². The minimum absolute atomic E-state index is 0.199. The predicted molar refractivity (Wildman–Crippen MR) is 91.1 cm³/mol. The van der Waals surface area contributed by atoms with E-state index in [1.54, 1.807) is 6.20 Å². The van der Waals surface area contributed by atoms with Gasteiger partial charge in [0.2, 0.25) is 0 Å². The number of nitrogens with zero attached hydrogens (tertiary/aromatic N) is 4. The van der Waals surface area contributed by atoms with E-state index in [1.807, 2.05) is 18.2 Å². The van der Waals surface area contributed by atoms with Crippen molar-refractivity contribution >= 4 is 0 Å². The Bertz CT molecular complexity index is 876. The van der Waals surface area contributed by atoms with Crippen LogP contribution in [-0.2, 0) is 6.54 Å². The van der Waals surface area contributed by atoms with Crippen molar-refractivity contribution in [1.82, 2.24) is 20.0 Å². The van der Waals surface area contributed by atoms with Gasteiger partial charge in [-0.25, -0.2) is 8.78 Å². The molecule has 0 aliphatic carbocycles. The molecule has 0 spiro atoms. The van der Waals surface area contributed by atoms with Crippen LogP contribution in [0.15, 0.2) is 47.1 Å². The lowest BCUT2D eigenvalue weighted by atomic mass is 9.96. The molecule has 1 fully saturated rings. The van der Waals surface area contributed by atoms with Crippen LogP contribution in [0.3, 0.4) is 0 Å². The number of piperidine rings is 1. The summed E-state index contributed by atoms with van der Waals surface area (Å²) in [6, 6.07) is 9.11. The van der Waals surface area contributed by atoms with E-state index in [9.17, 15) is 8.78 Å². The first-order chi connectivity index (χ1) is 12.7. The number of benzene rings is 1. The Kier molecular flexibility index (Phi) is 4.71. The lowest BCUT2D eigenvalue weighted by Gasteiger charge is -2.30. The van der Waals surface area contributed by atoms with Gasteiger partial charge in [-0.15, -0.1) is 0 Å². The lowest BCUT2D eigenvalue weighted by molar-refractivity contribution is 0.198. The molecule has 0 radical (unpaired) electrons. The van der Waals surface area contributed by atoms with Gasteiger partial charge in [0.1, 0.15) is 17.3 Å². The summed E-state index contributed by atoms with van der Waals surface area (Å²) in [5.41, 5.74) is 1.05. The number of rotatable bonds is 4. The summed E-state index contributed by atoms with van der Waals surface area (Å²) >= 11 is 0. The molecule has 0 amide bonds. The Morgan fingerprint density at radius 2 is 1.96 bits per heavy atom. The SMILES string of the molecule is Fc1ccc(F)c(CN2CCC(c3noc(-c4ccccn4)n3)CC2)c1. The van der Waals surface area contributed by atoms with E-state index < -0.39 is 5.82 Å². The number of likely N-dealkylation sites (tertiary alicyclic amines) is 1. The van der Waals surface area contributed by atoms with Crippen molar-refractivity contribution in [2.24, 2.45) is 0 Å². The molecule has 0 saturated carbocycles. The van der Waals surface area contributed by atoms with Crippen LogP contribution in [0, 0.1) is 11.6 Å². The van der Waals surface area contributed by atoms with E-state index in [-0.39, 0.29) is 11.7 Å². The number of aromatic nitrogens is 3. The van der Waals surface area contributed by atoms with Crippen LogP contribution in [0.2, 0.25) is 0 Å². The molecule has 3 aromatic rings. The van der Waals surface area contributed by atoms with Crippen molar-refractivity contribution in [1.29, 1.82) is 0 Å². The van der Waals surface area contributed by atoms with E-state index in [4.69, 9.17) is 4.52 Å². The van der Waals surface area contributed by atoms with Crippen molar-refractivity contribution < 1.29 is 13.3 Å². The van der Waals surface area contributed by atoms with Gasteiger partial charge in [-0.2, -0.15) is 4.98 Å². The highest BCUT2D eigenvalue weighted by Gasteiger charge is 2.25.